The fourth-order valence-electron chi connectivity index (χ4n) is 1.69. The molecule has 0 aromatic carbocycles. The fraction of sp³-hybridized carbons (Fsp3) is 0.636. The van der Waals surface area contributed by atoms with E-state index in [1.54, 1.807) is 0 Å². The third kappa shape index (κ3) is 3.09. The normalized spacial score (nSPS) is 20.3. The van der Waals surface area contributed by atoms with Crippen molar-refractivity contribution in [3.63, 3.8) is 0 Å². The maximum absolute atomic E-state index is 4.69. The molecule has 1 aromatic rings. The summed E-state index contributed by atoms with van der Waals surface area (Å²) in [5, 5.41) is 3.58. The monoisotopic (exact) mass is 333 g/mol. The van der Waals surface area contributed by atoms with Gasteiger partial charge in [0.15, 0.2) is 0 Å². The van der Waals surface area contributed by atoms with Crippen LogP contribution in [0.25, 0.3) is 0 Å². The molecule has 1 N–H and O–H groups in total. The summed E-state index contributed by atoms with van der Waals surface area (Å²) in [7, 11) is 1.90. The third-order valence-corrected chi connectivity index (χ3v) is 6.20. The fourth-order valence-corrected chi connectivity index (χ4v) is 4.95. The minimum Gasteiger partial charge on any atom is -0.372 e. The molecule has 3 nitrogen and oxygen atoms in total. The topological polar surface area (TPSA) is 37.8 Å². The van der Waals surface area contributed by atoms with Gasteiger partial charge < -0.3 is 5.32 Å². The van der Waals surface area contributed by atoms with E-state index in [9.17, 15) is 0 Å². The number of anilines is 1. The first-order chi connectivity index (χ1) is 8.26. The molecule has 1 saturated heterocycles. The third-order valence-electron chi connectivity index (χ3n) is 2.61. The molecule has 6 heteroatoms. The lowest BCUT2D eigenvalue weighted by molar-refractivity contribution is 0.872. The average molecular weight is 334 g/mol. The zero-order chi connectivity index (χ0) is 12.3. The number of rotatable bonds is 3. The lowest BCUT2D eigenvalue weighted by Gasteiger charge is -2.21. The van der Waals surface area contributed by atoms with Crippen LogP contribution in [0.2, 0.25) is 0 Å². The van der Waals surface area contributed by atoms with Crippen LogP contribution in [0, 0.1) is 0 Å². The van der Waals surface area contributed by atoms with Crippen molar-refractivity contribution in [3.8, 4) is 0 Å². The van der Waals surface area contributed by atoms with Crippen molar-refractivity contribution in [3.05, 3.63) is 16.0 Å². The quantitative estimate of drug-likeness (QED) is 0.917. The van der Waals surface area contributed by atoms with Gasteiger partial charge in [0.05, 0.1) is 15.4 Å². The maximum atomic E-state index is 4.69. The van der Waals surface area contributed by atoms with Gasteiger partial charge in [-0.25, -0.2) is 9.97 Å². The van der Waals surface area contributed by atoms with Gasteiger partial charge in [0.1, 0.15) is 11.6 Å². The Kier molecular flexibility index (Phi) is 4.99. The van der Waals surface area contributed by atoms with E-state index in [0.29, 0.717) is 5.25 Å². The number of hydrogen-bond donors (Lipinski definition) is 1. The van der Waals surface area contributed by atoms with E-state index in [4.69, 9.17) is 4.98 Å². The average Bonchev–Trinajstić information content (AvgIpc) is 2.40. The highest BCUT2D eigenvalue weighted by Gasteiger charge is 2.21. The van der Waals surface area contributed by atoms with Gasteiger partial charge in [-0.15, -0.1) is 11.8 Å². The molecule has 1 aliphatic heterocycles. The zero-order valence-electron chi connectivity index (χ0n) is 9.99. The second kappa shape index (κ2) is 6.29. The number of thioether (sulfide) groups is 2. The van der Waals surface area contributed by atoms with Gasteiger partial charge >= 0.3 is 0 Å². The number of aromatic nitrogens is 2. The van der Waals surface area contributed by atoms with Crippen LogP contribution in [-0.4, -0.2) is 34.3 Å². The molecule has 1 aliphatic rings. The molecule has 0 aliphatic carbocycles. The van der Waals surface area contributed by atoms with Crippen LogP contribution >= 0.6 is 39.5 Å². The lowest BCUT2D eigenvalue weighted by atomic mass is 10.3. The van der Waals surface area contributed by atoms with Crippen molar-refractivity contribution in [2.75, 3.05) is 29.6 Å². The van der Waals surface area contributed by atoms with Gasteiger partial charge in [-0.3, -0.25) is 0 Å². The molecule has 0 spiro atoms. The van der Waals surface area contributed by atoms with Gasteiger partial charge in [-0.1, -0.05) is 6.92 Å². The molecule has 94 valence electrons. The SMILES string of the molecule is CCc1nc(C2CSCCS2)nc(NC)c1Br. The van der Waals surface area contributed by atoms with Gasteiger partial charge in [-0.2, -0.15) is 11.8 Å². The first-order valence-corrected chi connectivity index (χ1v) is 8.69. The largest absolute Gasteiger partial charge is 0.372 e. The second-order valence-corrected chi connectivity index (χ2v) is 6.98. The summed E-state index contributed by atoms with van der Waals surface area (Å²) in [5.41, 5.74) is 1.09. The van der Waals surface area contributed by atoms with Gasteiger partial charge in [-0.05, 0) is 22.4 Å². The summed E-state index contributed by atoms with van der Waals surface area (Å²) in [5.74, 6) is 5.45. The predicted octanol–water partition coefficient (Wildman–Crippen LogP) is 3.36. The number of nitrogens with one attached hydrogen (secondary N) is 1. The van der Waals surface area contributed by atoms with Crippen molar-refractivity contribution < 1.29 is 0 Å². The van der Waals surface area contributed by atoms with E-state index in [-0.39, 0.29) is 0 Å². The van der Waals surface area contributed by atoms with E-state index < -0.39 is 0 Å². The van der Waals surface area contributed by atoms with E-state index in [1.807, 2.05) is 30.6 Å². The van der Waals surface area contributed by atoms with Gasteiger partial charge in [0.25, 0.3) is 0 Å². The smallest absolute Gasteiger partial charge is 0.144 e. The number of hydrogen-bond acceptors (Lipinski definition) is 5. The molecule has 1 fully saturated rings. The van der Waals surface area contributed by atoms with E-state index >= 15 is 0 Å². The molecule has 2 rings (SSSR count). The molecule has 1 atom stereocenters. The first kappa shape index (κ1) is 13.5. The van der Waals surface area contributed by atoms with Crippen molar-refractivity contribution in [2.45, 2.75) is 18.6 Å². The molecular weight excluding hydrogens is 318 g/mol. The summed E-state index contributed by atoms with van der Waals surface area (Å²) >= 11 is 7.53. The van der Waals surface area contributed by atoms with Crippen LogP contribution in [0.1, 0.15) is 23.7 Å². The van der Waals surface area contributed by atoms with Crippen molar-refractivity contribution in [1.82, 2.24) is 9.97 Å². The standard InChI is InChI=1S/C11H16BrN3S2/c1-3-7-9(12)11(13-2)15-10(14-7)8-6-16-4-5-17-8/h8H,3-6H2,1-2H3,(H,13,14,15). The minimum absolute atomic E-state index is 0.444. The molecule has 0 bridgehead atoms. The first-order valence-electron chi connectivity index (χ1n) is 5.69. The molecule has 1 unspecified atom stereocenters. The van der Waals surface area contributed by atoms with E-state index in [0.717, 1.165) is 34.0 Å². The Balaban J connectivity index is 2.33. The summed E-state index contributed by atoms with van der Waals surface area (Å²) < 4.78 is 1.000. The van der Waals surface area contributed by atoms with Crippen LogP contribution in [0.4, 0.5) is 5.82 Å². The summed E-state index contributed by atoms with van der Waals surface area (Å²) in [6.07, 6.45) is 0.926. The van der Waals surface area contributed by atoms with Crippen molar-refractivity contribution in [2.24, 2.45) is 0 Å². The Bertz CT molecular complexity index is 369. The summed E-state index contributed by atoms with van der Waals surface area (Å²) in [4.78, 5) is 9.31. The van der Waals surface area contributed by atoms with Gasteiger partial charge in [0.2, 0.25) is 0 Å². The van der Waals surface area contributed by atoms with Crippen LogP contribution in [0.3, 0.4) is 0 Å². The summed E-state index contributed by atoms with van der Waals surface area (Å²) in [6, 6.07) is 0. The highest BCUT2D eigenvalue weighted by Crippen LogP contribution is 2.36. The second-order valence-electron chi connectivity index (χ2n) is 3.73. The van der Waals surface area contributed by atoms with Crippen LogP contribution in [0.15, 0.2) is 4.47 Å². The van der Waals surface area contributed by atoms with Gasteiger partial charge in [0, 0.05) is 24.3 Å². The Morgan fingerprint density at radius 1 is 1.41 bits per heavy atom. The highest BCUT2D eigenvalue weighted by atomic mass is 79.9. The number of nitrogens with zero attached hydrogens (tertiary/aromatic N) is 2. The van der Waals surface area contributed by atoms with Crippen molar-refractivity contribution >= 4 is 45.3 Å². The molecule has 17 heavy (non-hydrogen) atoms. The minimum atomic E-state index is 0.444. The van der Waals surface area contributed by atoms with Crippen LogP contribution < -0.4 is 5.32 Å². The van der Waals surface area contributed by atoms with E-state index in [1.165, 1.54) is 11.5 Å². The molecule has 0 radical (unpaired) electrons. The molecule has 0 saturated carbocycles. The molecule has 1 aromatic heterocycles. The van der Waals surface area contributed by atoms with E-state index in [2.05, 4.69) is 33.2 Å². The molecule has 2 heterocycles. The lowest BCUT2D eigenvalue weighted by Crippen LogP contribution is -2.13. The number of halogens is 1. The molecule has 0 amide bonds. The zero-order valence-corrected chi connectivity index (χ0v) is 13.2. The Morgan fingerprint density at radius 2 is 2.24 bits per heavy atom. The van der Waals surface area contributed by atoms with Crippen molar-refractivity contribution in [1.29, 1.82) is 0 Å². The Hall–Kier alpha value is 0.0600. The highest BCUT2D eigenvalue weighted by molar-refractivity contribution is 9.10. The predicted molar refractivity (Wildman–Crippen MR) is 81.2 cm³/mol. The molecular formula is C11H16BrN3S2. The Morgan fingerprint density at radius 3 is 2.82 bits per heavy atom. The number of aryl methyl sites for hydroxylation is 1. The van der Waals surface area contributed by atoms with Crippen LogP contribution in [0.5, 0.6) is 0 Å². The van der Waals surface area contributed by atoms with Crippen LogP contribution in [-0.2, 0) is 6.42 Å². The maximum Gasteiger partial charge on any atom is 0.144 e. The Labute approximate surface area is 119 Å². The summed E-state index contributed by atoms with van der Waals surface area (Å²) in [6.45, 7) is 2.12.